The van der Waals surface area contributed by atoms with E-state index in [1.54, 1.807) is 13.8 Å². The lowest BCUT2D eigenvalue weighted by Crippen LogP contribution is -2.59. The summed E-state index contributed by atoms with van der Waals surface area (Å²) in [6.07, 6.45) is 3.42. The molecule has 1 aromatic rings. The van der Waals surface area contributed by atoms with Gasteiger partial charge in [0.25, 0.3) is 0 Å². The lowest BCUT2D eigenvalue weighted by Gasteiger charge is -2.26. The number of carbonyl (C=O) groups excluding carboxylic acids is 3. The maximum Gasteiger partial charge on any atom is 0.326 e. The van der Waals surface area contributed by atoms with Gasteiger partial charge in [-0.25, -0.2) is 9.78 Å². The van der Waals surface area contributed by atoms with E-state index in [1.165, 1.54) is 12.5 Å². The molecule has 15 nitrogen and oxygen atoms in total. The number of rotatable bonds is 15. The predicted molar refractivity (Wildman–Crippen MR) is 126 cm³/mol. The van der Waals surface area contributed by atoms with Crippen LogP contribution in [0.15, 0.2) is 17.5 Å². The molecule has 0 saturated heterocycles. The number of aromatic amines is 1. The third-order valence-corrected chi connectivity index (χ3v) is 4.95. The summed E-state index contributed by atoms with van der Waals surface area (Å²) in [4.78, 5) is 59.7. The molecule has 35 heavy (non-hydrogen) atoms. The SMILES string of the molecule is CC(C)C(NC(=O)C(N)Cc1cnc[nH]1)C(=O)NC(CO)C(=O)NC(CCCN=C(N)N)C(=O)O. The third kappa shape index (κ3) is 10.4. The number of nitrogens with two attached hydrogens (primary N) is 3. The number of aromatic nitrogens is 2. The summed E-state index contributed by atoms with van der Waals surface area (Å²) < 4.78 is 0. The number of hydrogen-bond acceptors (Lipinski definition) is 8. The first-order valence-corrected chi connectivity index (χ1v) is 11.0. The summed E-state index contributed by atoms with van der Waals surface area (Å²) in [5.74, 6) is -4.06. The van der Waals surface area contributed by atoms with Crippen LogP contribution in [0, 0.1) is 5.92 Å². The molecular weight excluding hydrogens is 462 g/mol. The van der Waals surface area contributed by atoms with Gasteiger partial charge in [0.1, 0.15) is 18.1 Å². The summed E-state index contributed by atoms with van der Waals surface area (Å²) in [6.45, 7) is 2.72. The Hall–Kier alpha value is -3.72. The normalized spacial score (nSPS) is 14.3. The van der Waals surface area contributed by atoms with E-state index in [1.807, 2.05) is 0 Å². The van der Waals surface area contributed by atoms with E-state index in [2.05, 4.69) is 30.9 Å². The van der Waals surface area contributed by atoms with Crippen molar-refractivity contribution in [3.8, 4) is 0 Å². The molecule has 1 rings (SSSR count). The minimum atomic E-state index is -1.45. The van der Waals surface area contributed by atoms with E-state index in [-0.39, 0.29) is 37.7 Å². The average molecular weight is 498 g/mol. The maximum atomic E-state index is 12.8. The van der Waals surface area contributed by atoms with Gasteiger partial charge in [-0.05, 0) is 18.8 Å². The number of H-pyrrole nitrogens is 1. The molecule has 3 amide bonds. The average Bonchev–Trinajstić information content (AvgIpc) is 3.29. The van der Waals surface area contributed by atoms with Gasteiger partial charge in [-0.1, -0.05) is 13.8 Å². The Labute approximate surface area is 202 Å². The number of aliphatic imine (C=N–C) groups is 1. The molecule has 0 aliphatic heterocycles. The minimum Gasteiger partial charge on any atom is -0.480 e. The Morgan fingerprint density at radius 2 is 1.74 bits per heavy atom. The largest absolute Gasteiger partial charge is 0.480 e. The van der Waals surface area contributed by atoms with E-state index in [0.29, 0.717) is 5.69 Å². The smallest absolute Gasteiger partial charge is 0.326 e. The zero-order valence-electron chi connectivity index (χ0n) is 19.7. The molecule has 0 aliphatic carbocycles. The van der Waals surface area contributed by atoms with Gasteiger partial charge in [0.05, 0.1) is 19.0 Å². The molecule has 4 atom stereocenters. The van der Waals surface area contributed by atoms with Crippen molar-refractivity contribution in [1.82, 2.24) is 25.9 Å². The van der Waals surface area contributed by atoms with Crippen LogP contribution >= 0.6 is 0 Å². The fraction of sp³-hybridized carbons (Fsp3) is 0.600. The standard InChI is InChI=1S/C20H35N9O6/c1-10(2)15(29-16(31)12(21)6-11-7-24-9-26-11)18(33)28-14(8-30)17(32)27-13(19(34)35)4-3-5-25-20(22)23/h7,9-10,12-15,30H,3-6,8,21H2,1-2H3,(H,24,26)(H,27,32)(H,28,33)(H,29,31)(H,34,35)(H4,22,23,25). The lowest BCUT2D eigenvalue weighted by molar-refractivity contribution is -0.142. The second-order valence-corrected chi connectivity index (χ2v) is 8.21. The quantitative estimate of drug-likeness (QED) is 0.0656. The first-order valence-electron chi connectivity index (χ1n) is 11.0. The number of carboxylic acid groups (broad SMARTS) is 1. The van der Waals surface area contributed by atoms with Crippen molar-refractivity contribution in [2.75, 3.05) is 13.2 Å². The van der Waals surface area contributed by atoms with Gasteiger partial charge in [-0.2, -0.15) is 0 Å². The maximum absolute atomic E-state index is 12.8. The fourth-order valence-electron chi connectivity index (χ4n) is 3.01. The van der Waals surface area contributed by atoms with Crippen LogP contribution in [0.3, 0.4) is 0 Å². The van der Waals surface area contributed by atoms with E-state index >= 15 is 0 Å². The van der Waals surface area contributed by atoms with Gasteiger partial charge in [0.15, 0.2) is 5.96 Å². The summed E-state index contributed by atoms with van der Waals surface area (Å²) in [5.41, 5.74) is 17.0. The van der Waals surface area contributed by atoms with Crippen molar-refractivity contribution in [3.05, 3.63) is 18.2 Å². The number of aliphatic carboxylic acids is 1. The molecule has 196 valence electrons. The highest BCUT2D eigenvalue weighted by Crippen LogP contribution is 2.05. The van der Waals surface area contributed by atoms with Crippen LogP contribution in [0.5, 0.6) is 0 Å². The number of hydrogen-bond donors (Lipinski definition) is 9. The topological polar surface area (TPSA) is 264 Å². The summed E-state index contributed by atoms with van der Waals surface area (Å²) in [7, 11) is 0. The van der Waals surface area contributed by atoms with E-state index in [4.69, 9.17) is 17.2 Å². The van der Waals surface area contributed by atoms with E-state index < -0.39 is 54.5 Å². The van der Waals surface area contributed by atoms with Gasteiger partial charge in [-0.15, -0.1) is 0 Å². The molecule has 0 saturated carbocycles. The molecule has 4 unspecified atom stereocenters. The van der Waals surface area contributed by atoms with Gasteiger partial charge in [0.2, 0.25) is 17.7 Å². The molecule has 15 heteroatoms. The number of aliphatic hydroxyl groups is 1. The Balaban J connectivity index is 2.74. The third-order valence-electron chi connectivity index (χ3n) is 4.95. The number of amides is 3. The van der Waals surface area contributed by atoms with E-state index in [0.717, 1.165) is 0 Å². The number of aliphatic hydroxyl groups excluding tert-OH is 1. The fourth-order valence-corrected chi connectivity index (χ4v) is 3.01. The zero-order valence-corrected chi connectivity index (χ0v) is 19.7. The highest BCUT2D eigenvalue weighted by molar-refractivity contribution is 5.94. The Bertz CT molecular complexity index is 870. The Morgan fingerprint density at radius 1 is 1.09 bits per heavy atom. The molecule has 1 heterocycles. The highest BCUT2D eigenvalue weighted by Gasteiger charge is 2.31. The number of nitrogens with zero attached hydrogens (tertiary/aromatic N) is 2. The van der Waals surface area contributed by atoms with Crippen molar-refractivity contribution in [3.63, 3.8) is 0 Å². The number of nitrogens with one attached hydrogen (secondary N) is 4. The predicted octanol–water partition coefficient (Wildman–Crippen LogP) is -3.48. The Kier molecular flexibility index (Phi) is 12.2. The Morgan fingerprint density at radius 3 is 2.26 bits per heavy atom. The van der Waals surface area contributed by atoms with Crippen LogP contribution in [0.2, 0.25) is 0 Å². The molecule has 0 radical (unpaired) electrons. The molecular formula is C20H35N9O6. The molecule has 0 aliphatic rings. The molecule has 0 fully saturated rings. The second kappa shape index (κ2) is 14.5. The minimum absolute atomic E-state index is 0.0167. The van der Waals surface area contributed by atoms with Crippen molar-refractivity contribution in [2.24, 2.45) is 28.1 Å². The van der Waals surface area contributed by atoms with Crippen LogP contribution in [0.1, 0.15) is 32.4 Å². The van der Waals surface area contributed by atoms with Crippen molar-refractivity contribution in [1.29, 1.82) is 0 Å². The molecule has 0 aromatic carbocycles. The van der Waals surface area contributed by atoms with Crippen molar-refractivity contribution in [2.45, 2.75) is 57.3 Å². The molecule has 0 bridgehead atoms. The molecule has 1 aromatic heterocycles. The number of guanidine groups is 1. The highest BCUT2D eigenvalue weighted by atomic mass is 16.4. The van der Waals surface area contributed by atoms with Crippen LogP contribution in [0.25, 0.3) is 0 Å². The van der Waals surface area contributed by atoms with Gasteiger partial charge in [-0.3, -0.25) is 19.4 Å². The second-order valence-electron chi connectivity index (χ2n) is 8.21. The van der Waals surface area contributed by atoms with Crippen LogP contribution < -0.4 is 33.2 Å². The monoisotopic (exact) mass is 497 g/mol. The van der Waals surface area contributed by atoms with Crippen molar-refractivity contribution < 1.29 is 29.4 Å². The van der Waals surface area contributed by atoms with Crippen LogP contribution in [0.4, 0.5) is 0 Å². The van der Waals surface area contributed by atoms with Gasteiger partial charge in [0, 0.05) is 24.9 Å². The van der Waals surface area contributed by atoms with Crippen molar-refractivity contribution >= 4 is 29.7 Å². The summed E-state index contributed by atoms with van der Waals surface area (Å²) in [5, 5.41) is 26.1. The summed E-state index contributed by atoms with van der Waals surface area (Å²) in [6, 6.07) is -4.76. The van der Waals surface area contributed by atoms with E-state index in [9.17, 15) is 29.4 Å². The van der Waals surface area contributed by atoms with Crippen LogP contribution in [-0.2, 0) is 25.6 Å². The van der Waals surface area contributed by atoms with Crippen LogP contribution in [-0.4, -0.2) is 87.2 Å². The molecule has 0 spiro atoms. The first-order chi connectivity index (χ1) is 16.5. The van der Waals surface area contributed by atoms with Gasteiger partial charge >= 0.3 is 5.97 Å². The number of carbonyl (C=O) groups is 4. The summed E-state index contributed by atoms with van der Waals surface area (Å²) >= 11 is 0. The van der Waals surface area contributed by atoms with Gasteiger partial charge < -0.3 is 48.3 Å². The zero-order chi connectivity index (χ0) is 26.5. The first kappa shape index (κ1) is 29.3. The molecule has 12 N–H and O–H groups in total. The lowest BCUT2D eigenvalue weighted by atomic mass is 10.0. The number of carboxylic acids is 1. The number of imidazole rings is 1.